The summed E-state index contributed by atoms with van der Waals surface area (Å²) in [7, 11) is 0. The van der Waals surface area contributed by atoms with Crippen LogP contribution in [0.2, 0.25) is 0 Å². The lowest BCUT2D eigenvalue weighted by Crippen LogP contribution is -2.10. The van der Waals surface area contributed by atoms with Crippen LogP contribution in [0.1, 0.15) is 72.4 Å². The van der Waals surface area contributed by atoms with Crippen LogP contribution in [0.4, 0.5) is 0 Å². The highest BCUT2D eigenvalue weighted by atomic mass is 32.1. The van der Waals surface area contributed by atoms with Crippen LogP contribution >= 0.6 is 22.7 Å². The maximum absolute atomic E-state index is 13.4. The number of aromatic nitrogens is 2. The van der Waals surface area contributed by atoms with Crippen molar-refractivity contribution in [3.05, 3.63) is 114 Å². The molecule has 1 N–H and O–H groups in total. The predicted octanol–water partition coefficient (Wildman–Crippen LogP) is 9.79. The first kappa shape index (κ1) is 36.7. The minimum Gasteiger partial charge on any atom is -0.494 e. The molecule has 0 spiro atoms. The van der Waals surface area contributed by atoms with Crippen molar-refractivity contribution in [3.63, 3.8) is 0 Å². The Morgan fingerprint density at radius 1 is 0.865 bits per heavy atom. The van der Waals surface area contributed by atoms with Crippen LogP contribution in [0.25, 0.3) is 30.4 Å². The van der Waals surface area contributed by atoms with Gasteiger partial charge in [0, 0.05) is 11.6 Å². The minimum absolute atomic E-state index is 0.320. The van der Waals surface area contributed by atoms with Gasteiger partial charge in [0.25, 0.3) is 0 Å². The molecular weight excluding hydrogens is 697 g/mol. The summed E-state index contributed by atoms with van der Waals surface area (Å²) in [5.41, 5.74) is 4.50. The van der Waals surface area contributed by atoms with Crippen molar-refractivity contribution in [1.29, 1.82) is 0 Å². The number of fused-ring (bicyclic) bond motifs is 2. The number of hydrogen-bond donors (Lipinski definition) is 1. The van der Waals surface area contributed by atoms with Crippen LogP contribution in [0.3, 0.4) is 0 Å². The molecular formula is C41H40N2O7S2. The number of rotatable bonds is 17. The summed E-state index contributed by atoms with van der Waals surface area (Å²) in [5.74, 6) is 0.562. The molecule has 52 heavy (non-hydrogen) atoms. The van der Waals surface area contributed by atoms with Crippen molar-refractivity contribution in [2.45, 2.75) is 58.7 Å². The van der Waals surface area contributed by atoms with Gasteiger partial charge in [0.1, 0.15) is 11.5 Å². The number of benzene rings is 4. The molecule has 0 bridgehead atoms. The third-order valence-corrected chi connectivity index (χ3v) is 10.5. The second-order valence-electron chi connectivity index (χ2n) is 12.3. The van der Waals surface area contributed by atoms with Gasteiger partial charge in [0.2, 0.25) is 6.29 Å². The minimum atomic E-state index is -1.31. The Bertz CT molecular complexity index is 2160. The van der Waals surface area contributed by atoms with Crippen LogP contribution in [-0.4, -0.2) is 40.2 Å². The molecule has 2 heterocycles. The van der Waals surface area contributed by atoms with E-state index in [0.717, 1.165) is 65.4 Å². The number of nitrogens with zero attached hydrogens (tertiary/aromatic N) is 2. The highest BCUT2D eigenvalue weighted by Gasteiger charge is 2.23. The Hall–Kier alpha value is -5.10. The quantitative estimate of drug-likeness (QED) is 0.0321. The fourth-order valence-corrected chi connectivity index (χ4v) is 7.67. The van der Waals surface area contributed by atoms with Gasteiger partial charge in [-0.2, -0.15) is 0 Å². The molecule has 6 aromatic rings. The maximum Gasteiger partial charge on any atom is 0.343 e. The molecule has 2 aromatic heterocycles. The molecule has 0 aliphatic rings. The monoisotopic (exact) mass is 736 g/mol. The van der Waals surface area contributed by atoms with Gasteiger partial charge < -0.3 is 24.1 Å². The van der Waals surface area contributed by atoms with E-state index in [1.165, 1.54) is 28.2 Å². The molecule has 0 aliphatic carbocycles. The highest BCUT2D eigenvalue weighted by molar-refractivity contribution is 7.27. The zero-order valence-corrected chi connectivity index (χ0v) is 30.8. The van der Waals surface area contributed by atoms with Crippen molar-refractivity contribution in [1.82, 2.24) is 9.97 Å². The number of aryl methyl sites for hydroxylation is 2. The molecule has 0 fully saturated rings. The fourth-order valence-electron chi connectivity index (χ4n) is 5.54. The topological polar surface area (TPSA) is 117 Å². The van der Waals surface area contributed by atoms with Gasteiger partial charge >= 0.3 is 11.9 Å². The van der Waals surface area contributed by atoms with Crippen molar-refractivity contribution >= 4 is 55.0 Å². The SMILES string of the molecule is C=CC(=O)OCCCCCCOc1ccc(C(=O)Oc2ccc(C(O)Oc3ccc(CCC)cc3)c3nc(-c4nc5ccc(C)cc5s4)sc23)cc1. The summed E-state index contributed by atoms with van der Waals surface area (Å²) in [6.07, 6.45) is 5.36. The number of esters is 2. The molecule has 0 saturated carbocycles. The first-order valence-corrected chi connectivity index (χ1v) is 18.9. The van der Waals surface area contributed by atoms with Crippen molar-refractivity contribution in [3.8, 4) is 27.3 Å². The standard InChI is InChI=1S/C41H40N2O7S2/c1-4-10-27-12-16-30(17-13-27)49-41(46)31-20-22-33(37-36(31)43-39(52-37)38-42-32-21-11-26(3)25-34(32)51-38)50-40(45)28-14-18-29(19-15-28)47-23-8-6-7-9-24-48-35(44)5-2/h5,11-22,25,41,46H,2,4,6-10,23-24H2,1,3H3. The van der Waals surface area contributed by atoms with E-state index in [1.54, 1.807) is 36.4 Å². The molecule has 0 aliphatic heterocycles. The van der Waals surface area contributed by atoms with Crippen LogP contribution in [0, 0.1) is 6.92 Å². The van der Waals surface area contributed by atoms with E-state index in [0.29, 0.717) is 56.8 Å². The largest absolute Gasteiger partial charge is 0.494 e. The molecule has 268 valence electrons. The number of aliphatic hydroxyl groups excluding tert-OH is 1. The van der Waals surface area contributed by atoms with Crippen LogP contribution in [0.5, 0.6) is 17.2 Å². The lowest BCUT2D eigenvalue weighted by molar-refractivity contribution is -0.137. The van der Waals surface area contributed by atoms with E-state index in [2.05, 4.69) is 19.6 Å². The summed E-state index contributed by atoms with van der Waals surface area (Å²) in [6, 6.07) is 24.0. The average molecular weight is 737 g/mol. The average Bonchev–Trinajstić information content (AvgIpc) is 3.79. The Morgan fingerprint density at radius 3 is 2.35 bits per heavy atom. The first-order valence-electron chi connectivity index (χ1n) is 17.3. The third kappa shape index (κ3) is 9.22. The lowest BCUT2D eigenvalue weighted by atomic mass is 10.1. The first-order chi connectivity index (χ1) is 25.3. The van der Waals surface area contributed by atoms with E-state index in [-0.39, 0.29) is 0 Å². The van der Waals surface area contributed by atoms with E-state index in [1.807, 2.05) is 43.3 Å². The zero-order chi connectivity index (χ0) is 36.5. The summed E-state index contributed by atoms with van der Waals surface area (Å²) in [5, 5.41) is 12.7. The van der Waals surface area contributed by atoms with Crippen molar-refractivity contribution in [2.24, 2.45) is 0 Å². The van der Waals surface area contributed by atoms with Gasteiger partial charge in [-0.05, 0) is 111 Å². The Kier molecular flexibility index (Phi) is 12.3. The van der Waals surface area contributed by atoms with E-state index >= 15 is 0 Å². The molecule has 11 heteroatoms. The maximum atomic E-state index is 13.4. The van der Waals surface area contributed by atoms with Gasteiger partial charge in [-0.25, -0.2) is 19.6 Å². The van der Waals surface area contributed by atoms with Gasteiger partial charge in [-0.3, -0.25) is 0 Å². The Labute approximate surface area is 310 Å². The molecule has 0 radical (unpaired) electrons. The van der Waals surface area contributed by atoms with Crippen LogP contribution < -0.4 is 14.2 Å². The van der Waals surface area contributed by atoms with Gasteiger partial charge in [0.05, 0.1) is 39.2 Å². The Morgan fingerprint density at radius 2 is 1.60 bits per heavy atom. The normalized spacial score (nSPS) is 11.8. The highest BCUT2D eigenvalue weighted by Crippen LogP contribution is 2.42. The predicted molar refractivity (Wildman–Crippen MR) is 206 cm³/mol. The molecule has 0 saturated heterocycles. The second kappa shape index (κ2) is 17.4. The van der Waals surface area contributed by atoms with Gasteiger partial charge in [0.15, 0.2) is 15.8 Å². The van der Waals surface area contributed by atoms with Gasteiger partial charge in [-0.1, -0.05) is 38.1 Å². The van der Waals surface area contributed by atoms with E-state index in [9.17, 15) is 14.7 Å². The second-order valence-corrected chi connectivity index (χ2v) is 14.3. The van der Waals surface area contributed by atoms with Crippen LogP contribution in [-0.2, 0) is 16.0 Å². The molecule has 4 aromatic carbocycles. The molecule has 1 atom stereocenters. The Balaban J connectivity index is 1.16. The number of carbonyl (C=O) groups excluding carboxylic acids is 2. The smallest absolute Gasteiger partial charge is 0.343 e. The number of thiazole rings is 2. The molecule has 1 unspecified atom stereocenters. The number of hydrogen-bond acceptors (Lipinski definition) is 11. The van der Waals surface area contributed by atoms with Crippen molar-refractivity contribution < 1.29 is 33.6 Å². The molecule has 0 amide bonds. The van der Waals surface area contributed by atoms with E-state index < -0.39 is 18.2 Å². The number of carbonyl (C=O) groups is 2. The zero-order valence-electron chi connectivity index (χ0n) is 29.1. The summed E-state index contributed by atoms with van der Waals surface area (Å²) < 4.78 is 24.4. The van der Waals surface area contributed by atoms with E-state index in [4.69, 9.17) is 28.9 Å². The molecule has 6 rings (SSSR count). The fraction of sp³-hybridized carbons (Fsp3) is 0.268. The summed E-state index contributed by atoms with van der Waals surface area (Å²) in [4.78, 5) is 34.2. The molecule has 9 nitrogen and oxygen atoms in total. The number of unbranched alkanes of at least 4 members (excludes halogenated alkanes) is 3. The number of ether oxygens (including phenoxy) is 4. The van der Waals surface area contributed by atoms with Gasteiger partial charge in [-0.15, -0.1) is 22.7 Å². The summed E-state index contributed by atoms with van der Waals surface area (Å²) >= 11 is 2.88. The lowest BCUT2D eigenvalue weighted by Gasteiger charge is -2.15. The number of aliphatic hydroxyl groups is 1. The van der Waals surface area contributed by atoms with Crippen molar-refractivity contribution in [2.75, 3.05) is 13.2 Å². The summed E-state index contributed by atoms with van der Waals surface area (Å²) in [6.45, 7) is 8.47. The van der Waals surface area contributed by atoms with Crippen LogP contribution in [0.15, 0.2) is 91.5 Å². The third-order valence-electron chi connectivity index (χ3n) is 8.25.